The molecule has 2 aromatic rings. The molecule has 0 spiro atoms. The zero-order chi connectivity index (χ0) is 27.6. The summed E-state index contributed by atoms with van der Waals surface area (Å²) in [6.07, 6.45) is 4.98. The highest BCUT2D eigenvalue weighted by molar-refractivity contribution is 6.30. The molecule has 4 aliphatic carbocycles. The number of non-ortho nitro benzene ring substituents is 1. The second-order valence-electron chi connectivity index (χ2n) is 10.5. The fraction of sp³-hybridized carbons (Fsp3) is 0.357. The summed E-state index contributed by atoms with van der Waals surface area (Å²) in [6.45, 7) is 0. The average molecular weight is 568 g/mol. The van der Waals surface area contributed by atoms with Crippen molar-refractivity contribution in [1.82, 2.24) is 10.0 Å². The van der Waals surface area contributed by atoms with Crippen molar-refractivity contribution >= 4 is 52.4 Å². The van der Waals surface area contributed by atoms with Gasteiger partial charge in [-0.15, -0.1) is 11.6 Å². The second kappa shape index (κ2) is 9.57. The van der Waals surface area contributed by atoms with Crippen LogP contribution in [0.25, 0.3) is 0 Å². The zero-order valence-corrected chi connectivity index (χ0v) is 22.0. The Morgan fingerprint density at radius 3 is 2.00 bits per heavy atom. The highest BCUT2D eigenvalue weighted by Crippen LogP contribution is 2.65. The van der Waals surface area contributed by atoms with E-state index in [1.807, 2.05) is 12.2 Å². The van der Waals surface area contributed by atoms with E-state index in [1.165, 1.54) is 36.4 Å². The quantitative estimate of drug-likeness (QED) is 0.115. The number of carbonyl (C=O) groups excluding carboxylic acids is 4. The first-order valence-electron chi connectivity index (χ1n) is 12.7. The number of halogens is 2. The summed E-state index contributed by atoms with van der Waals surface area (Å²) in [6, 6.07) is 9.61. The molecule has 0 unspecified atom stereocenters. The lowest BCUT2D eigenvalue weighted by molar-refractivity contribution is -0.384. The Bertz CT molecular complexity index is 1390. The van der Waals surface area contributed by atoms with Gasteiger partial charge in [-0.25, -0.2) is 5.01 Å². The molecular formula is C28H23Cl2N3O6. The van der Waals surface area contributed by atoms with Gasteiger partial charge in [0.1, 0.15) is 6.04 Å². The minimum atomic E-state index is -1.28. The molecule has 0 N–H and O–H groups in total. The van der Waals surface area contributed by atoms with Gasteiger partial charge in [0.2, 0.25) is 0 Å². The average Bonchev–Trinajstić information content (AvgIpc) is 3.72. The third kappa shape index (κ3) is 4.06. The van der Waals surface area contributed by atoms with Crippen LogP contribution in [0.3, 0.4) is 0 Å². The summed E-state index contributed by atoms with van der Waals surface area (Å²) >= 11 is 12.1. The van der Waals surface area contributed by atoms with Crippen LogP contribution in [-0.4, -0.2) is 50.4 Å². The fourth-order valence-electron chi connectivity index (χ4n) is 6.66. The number of rotatable bonds is 8. The number of ketones is 1. The van der Waals surface area contributed by atoms with Crippen LogP contribution in [0.1, 0.15) is 33.6 Å². The van der Waals surface area contributed by atoms with Crippen molar-refractivity contribution < 1.29 is 24.1 Å². The van der Waals surface area contributed by atoms with Crippen LogP contribution in [0, 0.1) is 45.6 Å². The first-order chi connectivity index (χ1) is 18.7. The normalized spacial score (nSPS) is 28.6. The van der Waals surface area contributed by atoms with Crippen LogP contribution in [-0.2, 0) is 9.59 Å². The molecule has 0 aromatic heterocycles. The number of allylic oxidation sites excluding steroid dienone is 2. The molecule has 11 heteroatoms. The minimum absolute atomic E-state index is 0.0107. The number of alkyl halides is 1. The number of Topliss-reactive ketones (excluding diaryl/α,β-unsaturated/α-hetero) is 1. The molecule has 1 saturated heterocycles. The molecule has 9 nitrogen and oxygen atoms in total. The van der Waals surface area contributed by atoms with Gasteiger partial charge >= 0.3 is 0 Å². The molecule has 7 atom stereocenters. The van der Waals surface area contributed by atoms with Gasteiger partial charge in [0.25, 0.3) is 23.4 Å². The summed E-state index contributed by atoms with van der Waals surface area (Å²) in [4.78, 5) is 66.3. The van der Waals surface area contributed by atoms with Gasteiger partial charge in [0, 0.05) is 34.2 Å². The van der Waals surface area contributed by atoms with E-state index in [-0.39, 0.29) is 41.0 Å². The van der Waals surface area contributed by atoms with E-state index in [1.54, 1.807) is 0 Å². The topological polar surface area (TPSA) is 118 Å². The van der Waals surface area contributed by atoms with Crippen molar-refractivity contribution in [3.05, 3.63) is 86.9 Å². The second-order valence-corrected chi connectivity index (χ2v) is 11.3. The van der Waals surface area contributed by atoms with Gasteiger partial charge < -0.3 is 0 Å². The number of benzene rings is 2. The SMILES string of the molecule is O=C(c1ccc(Cl)cc1)[C@H](CCCl)N(C(=O)c1ccc([N+](=O)[O-])cc1)N1C(=O)[C@@H]2[C@H]3C=C[C@@H]([C@@H]4C[C@H]34)[C@@H]2C1=O. The number of nitro benzene ring substituents is 1. The maximum absolute atomic E-state index is 14.0. The molecule has 1 heterocycles. The molecule has 2 aromatic carbocycles. The number of hydrogen-bond acceptors (Lipinski definition) is 6. The van der Waals surface area contributed by atoms with Crippen LogP contribution in [0.4, 0.5) is 5.69 Å². The Balaban J connectivity index is 1.43. The number of amides is 3. The Morgan fingerprint density at radius 2 is 1.49 bits per heavy atom. The van der Waals surface area contributed by atoms with E-state index >= 15 is 0 Å². The molecule has 1 aliphatic heterocycles. The highest BCUT2D eigenvalue weighted by atomic mass is 35.5. The van der Waals surface area contributed by atoms with Gasteiger partial charge in [0.15, 0.2) is 5.78 Å². The molecule has 3 amide bonds. The summed E-state index contributed by atoms with van der Waals surface area (Å²) in [5, 5.41) is 13.4. The Labute approximate surface area is 233 Å². The van der Waals surface area contributed by atoms with Crippen molar-refractivity contribution in [1.29, 1.82) is 0 Å². The molecule has 3 fully saturated rings. The first kappa shape index (κ1) is 25.7. The Morgan fingerprint density at radius 1 is 0.949 bits per heavy atom. The van der Waals surface area contributed by atoms with E-state index in [0.29, 0.717) is 16.9 Å². The number of carbonyl (C=O) groups is 4. The Hall–Kier alpha value is -3.56. The summed E-state index contributed by atoms with van der Waals surface area (Å²) in [7, 11) is 0. The third-order valence-electron chi connectivity index (χ3n) is 8.50. The lowest BCUT2D eigenvalue weighted by atomic mass is 9.63. The van der Waals surface area contributed by atoms with E-state index < -0.39 is 46.3 Å². The largest absolute Gasteiger partial charge is 0.292 e. The van der Waals surface area contributed by atoms with Crippen molar-refractivity contribution in [2.24, 2.45) is 35.5 Å². The molecule has 0 radical (unpaired) electrons. The predicted octanol–water partition coefficient (Wildman–Crippen LogP) is 4.54. The smallest absolute Gasteiger partial charge is 0.273 e. The van der Waals surface area contributed by atoms with E-state index in [2.05, 4.69) is 0 Å². The summed E-state index contributed by atoms with van der Waals surface area (Å²) in [5.41, 5.74) is -0.00660. The van der Waals surface area contributed by atoms with E-state index in [0.717, 1.165) is 28.6 Å². The lowest BCUT2D eigenvalue weighted by Crippen LogP contribution is -2.57. The summed E-state index contributed by atoms with van der Waals surface area (Å²) < 4.78 is 0. The van der Waals surface area contributed by atoms with Gasteiger partial charge in [-0.3, -0.25) is 29.3 Å². The van der Waals surface area contributed by atoms with Crippen LogP contribution in [0.15, 0.2) is 60.7 Å². The van der Waals surface area contributed by atoms with Crippen LogP contribution < -0.4 is 0 Å². The van der Waals surface area contributed by atoms with Gasteiger partial charge in [-0.2, -0.15) is 5.01 Å². The maximum atomic E-state index is 14.0. The van der Waals surface area contributed by atoms with Gasteiger partial charge in [-0.05, 0) is 72.9 Å². The number of hydrazine groups is 1. The van der Waals surface area contributed by atoms with Crippen LogP contribution in [0.5, 0.6) is 0 Å². The maximum Gasteiger partial charge on any atom is 0.273 e. The van der Waals surface area contributed by atoms with Crippen LogP contribution >= 0.6 is 23.2 Å². The number of nitro groups is 1. The highest BCUT2D eigenvalue weighted by Gasteiger charge is 2.68. The van der Waals surface area contributed by atoms with Crippen molar-refractivity contribution in [2.75, 3.05) is 5.88 Å². The monoisotopic (exact) mass is 567 g/mol. The molecule has 200 valence electrons. The third-order valence-corrected chi connectivity index (χ3v) is 8.97. The summed E-state index contributed by atoms with van der Waals surface area (Å²) in [5.74, 6) is -3.00. The number of nitrogens with zero attached hydrogens (tertiary/aromatic N) is 3. The van der Waals surface area contributed by atoms with Gasteiger partial charge in [-0.1, -0.05) is 23.8 Å². The predicted molar refractivity (Wildman–Crippen MR) is 141 cm³/mol. The number of hydrogen-bond donors (Lipinski definition) is 0. The molecule has 39 heavy (non-hydrogen) atoms. The number of imide groups is 1. The lowest BCUT2D eigenvalue weighted by Gasteiger charge is -2.37. The molecule has 5 aliphatic rings. The molecular weight excluding hydrogens is 545 g/mol. The standard InChI is InChI=1S/C28H23Cl2N3O6/c29-12-11-22(25(34)14-1-5-16(30)6-2-14)31(26(35)15-3-7-17(8-4-15)33(38)39)32-27(36)23-18-9-10-19(21-13-20(18)21)24(23)28(32)37/h1-10,18-24H,11-13H2/t18-,19-,20-,21+,22-,23-,24+/m0/s1. The van der Waals surface area contributed by atoms with Crippen molar-refractivity contribution in [3.8, 4) is 0 Å². The molecule has 2 bridgehead atoms. The minimum Gasteiger partial charge on any atom is -0.292 e. The van der Waals surface area contributed by atoms with E-state index in [9.17, 15) is 29.3 Å². The van der Waals surface area contributed by atoms with Crippen molar-refractivity contribution in [3.63, 3.8) is 0 Å². The van der Waals surface area contributed by atoms with E-state index in [4.69, 9.17) is 23.2 Å². The van der Waals surface area contributed by atoms with Crippen LogP contribution in [0.2, 0.25) is 5.02 Å². The van der Waals surface area contributed by atoms with Crippen molar-refractivity contribution in [2.45, 2.75) is 18.9 Å². The van der Waals surface area contributed by atoms with Gasteiger partial charge in [0.05, 0.1) is 16.8 Å². The Kier molecular flexibility index (Phi) is 6.31. The zero-order valence-electron chi connectivity index (χ0n) is 20.5. The first-order valence-corrected chi connectivity index (χ1v) is 13.6. The fourth-order valence-corrected chi connectivity index (χ4v) is 6.99. The molecule has 7 rings (SSSR count). The molecule has 2 saturated carbocycles.